The second kappa shape index (κ2) is 11.9. The normalized spacial score (nSPS) is 11.0. The smallest absolute Gasteiger partial charge is 0.305 e. The van der Waals surface area contributed by atoms with Crippen LogP contribution in [0.25, 0.3) is 0 Å². The maximum Gasteiger partial charge on any atom is 0.305 e. The summed E-state index contributed by atoms with van der Waals surface area (Å²) in [6.07, 6.45) is 1.39. The summed E-state index contributed by atoms with van der Waals surface area (Å²) in [5.41, 5.74) is 7.64. The molecule has 0 radical (unpaired) electrons. The first kappa shape index (κ1) is 22.5. The summed E-state index contributed by atoms with van der Waals surface area (Å²) in [5.74, 6) is 0.181. The Labute approximate surface area is 165 Å². The Bertz CT molecular complexity index is 708. The van der Waals surface area contributed by atoms with Gasteiger partial charge < -0.3 is 20.5 Å². The second-order valence-corrected chi connectivity index (χ2v) is 5.84. The van der Waals surface area contributed by atoms with Gasteiger partial charge >= 0.3 is 5.97 Å². The first-order valence-electron chi connectivity index (χ1n) is 8.48. The first-order valence-corrected chi connectivity index (χ1v) is 8.48. The predicted molar refractivity (Wildman–Crippen MR) is 107 cm³/mol. The molecule has 27 heavy (non-hydrogen) atoms. The molecule has 1 atom stereocenters. The van der Waals surface area contributed by atoms with E-state index in [1.807, 2.05) is 30.3 Å². The molecule has 0 bridgehead atoms. The van der Waals surface area contributed by atoms with Crippen LogP contribution in [0.3, 0.4) is 0 Å². The zero-order valence-electron chi connectivity index (χ0n) is 15.2. The monoisotopic (exact) mass is 392 g/mol. The highest BCUT2D eigenvalue weighted by atomic mass is 35.5. The lowest BCUT2D eigenvalue weighted by molar-refractivity contribution is -0.140. The van der Waals surface area contributed by atoms with E-state index in [1.54, 1.807) is 24.3 Å². The first-order chi connectivity index (χ1) is 12.6. The number of ether oxygens (including phenoxy) is 2. The Balaban J connectivity index is 0.00000364. The molecule has 1 amide bonds. The molecule has 0 heterocycles. The van der Waals surface area contributed by atoms with Crippen molar-refractivity contribution in [3.63, 3.8) is 0 Å². The third kappa shape index (κ3) is 8.11. The quantitative estimate of drug-likeness (QED) is 0.505. The summed E-state index contributed by atoms with van der Waals surface area (Å²) in [5, 5.41) is 2.80. The van der Waals surface area contributed by atoms with Crippen LogP contribution in [0.4, 0.5) is 5.69 Å². The van der Waals surface area contributed by atoms with Gasteiger partial charge in [0.2, 0.25) is 5.91 Å². The number of anilines is 1. The van der Waals surface area contributed by atoms with Gasteiger partial charge in [0.15, 0.2) is 0 Å². The van der Waals surface area contributed by atoms with Crippen LogP contribution in [-0.4, -0.2) is 31.6 Å². The molecule has 0 aliphatic rings. The highest BCUT2D eigenvalue weighted by Crippen LogP contribution is 2.16. The molecule has 7 heteroatoms. The van der Waals surface area contributed by atoms with Gasteiger partial charge in [0, 0.05) is 12.1 Å². The summed E-state index contributed by atoms with van der Waals surface area (Å²) in [4.78, 5) is 23.2. The molecule has 0 aliphatic carbocycles. The maximum absolute atomic E-state index is 12.2. The Morgan fingerprint density at radius 3 is 2.37 bits per heavy atom. The van der Waals surface area contributed by atoms with Crippen LogP contribution >= 0.6 is 12.4 Å². The molecule has 2 aromatic rings. The van der Waals surface area contributed by atoms with Gasteiger partial charge in [-0.1, -0.05) is 30.3 Å². The second-order valence-electron chi connectivity index (χ2n) is 5.84. The SMILES string of the molecule is COC(=O)CCCOc1ccc(NC(=O)[C@@H](N)Cc2ccccc2)cc1.Cl. The topological polar surface area (TPSA) is 90.6 Å². The maximum atomic E-state index is 12.2. The largest absolute Gasteiger partial charge is 0.494 e. The number of hydrogen-bond donors (Lipinski definition) is 2. The molecule has 0 fully saturated rings. The number of methoxy groups -OCH3 is 1. The number of esters is 1. The van der Waals surface area contributed by atoms with Gasteiger partial charge in [-0.05, 0) is 42.7 Å². The van der Waals surface area contributed by atoms with Gasteiger partial charge in [-0.25, -0.2) is 0 Å². The van der Waals surface area contributed by atoms with E-state index in [2.05, 4.69) is 10.1 Å². The Hall–Kier alpha value is -2.57. The molecule has 0 aromatic heterocycles. The van der Waals surface area contributed by atoms with E-state index in [1.165, 1.54) is 7.11 Å². The molecule has 2 rings (SSSR count). The number of nitrogens with two attached hydrogens (primary N) is 1. The van der Waals surface area contributed by atoms with Crippen molar-refractivity contribution in [3.8, 4) is 5.75 Å². The highest BCUT2D eigenvalue weighted by molar-refractivity contribution is 5.94. The summed E-state index contributed by atoms with van der Waals surface area (Å²) < 4.78 is 10.1. The number of hydrogen-bond acceptors (Lipinski definition) is 5. The average Bonchev–Trinajstić information content (AvgIpc) is 2.67. The fraction of sp³-hybridized carbons (Fsp3) is 0.300. The number of amides is 1. The van der Waals surface area contributed by atoms with E-state index < -0.39 is 6.04 Å². The van der Waals surface area contributed by atoms with Crippen LogP contribution in [0.2, 0.25) is 0 Å². The third-order valence-electron chi connectivity index (χ3n) is 3.78. The molecule has 0 aliphatic heterocycles. The van der Waals surface area contributed by atoms with E-state index in [0.717, 1.165) is 5.56 Å². The van der Waals surface area contributed by atoms with Gasteiger partial charge in [0.05, 0.1) is 19.8 Å². The Morgan fingerprint density at radius 1 is 1.07 bits per heavy atom. The minimum Gasteiger partial charge on any atom is -0.494 e. The summed E-state index contributed by atoms with van der Waals surface area (Å²) >= 11 is 0. The van der Waals surface area contributed by atoms with Gasteiger partial charge in [0.1, 0.15) is 5.75 Å². The van der Waals surface area contributed by atoms with Crippen LogP contribution in [0.5, 0.6) is 5.75 Å². The molecule has 6 nitrogen and oxygen atoms in total. The van der Waals surface area contributed by atoms with Crippen LogP contribution in [0.1, 0.15) is 18.4 Å². The molecular formula is C20H25ClN2O4. The molecule has 2 aromatic carbocycles. The molecule has 0 saturated heterocycles. The van der Waals surface area contributed by atoms with E-state index in [-0.39, 0.29) is 24.3 Å². The Morgan fingerprint density at radius 2 is 1.74 bits per heavy atom. The number of rotatable bonds is 9. The third-order valence-corrected chi connectivity index (χ3v) is 3.78. The minimum absolute atomic E-state index is 0. The Kier molecular flexibility index (Phi) is 9.93. The molecule has 0 unspecified atom stereocenters. The van der Waals surface area contributed by atoms with Gasteiger partial charge in [0.25, 0.3) is 0 Å². The zero-order valence-corrected chi connectivity index (χ0v) is 16.0. The van der Waals surface area contributed by atoms with E-state index in [9.17, 15) is 9.59 Å². The molecule has 146 valence electrons. The van der Waals surface area contributed by atoms with Crippen molar-refractivity contribution in [1.29, 1.82) is 0 Å². The predicted octanol–water partition coefficient (Wildman–Crippen LogP) is 2.95. The average molecular weight is 393 g/mol. The molecule has 3 N–H and O–H groups in total. The van der Waals surface area contributed by atoms with Crippen molar-refractivity contribution in [1.82, 2.24) is 0 Å². The van der Waals surface area contributed by atoms with Crippen LogP contribution in [-0.2, 0) is 20.7 Å². The number of nitrogens with one attached hydrogen (secondary N) is 1. The van der Waals surface area contributed by atoms with Crippen molar-refractivity contribution < 1.29 is 19.1 Å². The number of halogens is 1. The van der Waals surface area contributed by atoms with Crippen molar-refractivity contribution in [3.05, 3.63) is 60.2 Å². The number of benzene rings is 2. The summed E-state index contributed by atoms with van der Waals surface area (Å²) in [6.45, 7) is 0.419. The zero-order chi connectivity index (χ0) is 18.8. The van der Waals surface area contributed by atoms with Crippen molar-refractivity contribution in [2.45, 2.75) is 25.3 Å². The minimum atomic E-state index is -0.619. The van der Waals surface area contributed by atoms with E-state index in [0.29, 0.717) is 37.3 Å². The van der Waals surface area contributed by atoms with Crippen LogP contribution < -0.4 is 15.8 Å². The number of carbonyl (C=O) groups excluding carboxylic acids is 2. The van der Waals surface area contributed by atoms with Crippen molar-refractivity contribution in [2.75, 3.05) is 19.0 Å². The van der Waals surface area contributed by atoms with Crippen molar-refractivity contribution >= 4 is 30.0 Å². The fourth-order valence-corrected chi connectivity index (χ4v) is 2.34. The van der Waals surface area contributed by atoms with Crippen LogP contribution in [0, 0.1) is 0 Å². The highest BCUT2D eigenvalue weighted by Gasteiger charge is 2.14. The molecule has 0 saturated carbocycles. The number of carbonyl (C=O) groups is 2. The molecule has 0 spiro atoms. The van der Waals surface area contributed by atoms with E-state index >= 15 is 0 Å². The van der Waals surface area contributed by atoms with E-state index in [4.69, 9.17) is 10.5 Å². The van der Waals surface area contributed by atoms with Crippen molar-refractivity contribution in [2.24, 2.45) is 5.73 Å². The van der Waals surface area contributed by atoms with Crippen LogP contribution in [0.15, 0.2) is 54.6 Å². The molecular weight excluding hydrogens is 368 g/mol. The lowest BCUT2D eigenvalue weighted by Crippen LogP contribution is -2.37. The lowest BCUT2D eigenvalue weighted by Gasteiger charge is -2.13. The van der Waals surface area contributed by atoms with Gasteiger partial charge in [-0.15, -0.1) is 12.4 Å². The van der Waals surface area contributed by atoms with Gasteiger partial charge in [-0.2, -0.15) is 0 Å². The van der Waals surface area contributed by atoms with Gasteiger partial charge in [-0.3, -0.25) is 9.59 Å². The summed E-state index contributed by atoms with van der Waals surface area (Å²) in [7, 11) is 1.36. The fourth-order valence-electron chi connectivity index (χ4n) is 2.34. The lowest BCUT2D eigenvalue weighted by atomic mass is 10.1. The standard InChI is InChI=1S/C20H24N2O4.ClH/c1-25-19(23)8-5-13-26-17-11-9-16(10-12-17)22-20(24)18(21)14-15-6-3-2-4-7-15;/h2-4,6-7,9-12,18H,5,8,13-14,21H2,1H3,(H,22,24);1H/t18-;/m0./s1. The summed E-state index contributed by atoms with van der Waals surface area (Å²) in [6, 6.07) is 16.1.